The highest BCUT2D eigenvalue weighted by Gasteiger charge is 2.30. The predicted molar refractivity (Wildman–Crippen MR) is 126 cm³/mol. The molecule has 1 aliphatic heterocycles. The fourth-order valence-corrected chi connectivity index (χ4v) is 3.86. The molecule has 0 bridgehead atoms. The van der Waals surface area contributed by atoms with E-state index in [0.717, 1.165) is 11.1 Å². The summed E-state index contributed by atoms with van der Waals surface area (Å²) in [6.45, 7) is 2.16. The molecule has 0 unspecified atom stereocenters. The molecule has 3 aromatic carbocycles. The fraction of sp³-hybridized carbons (Fsp3) is 0.192. The van der Waals surface area contributed by atoms with E-state index in [0.29, 0.717) is 51.5 Å². The Morgan fingerprint density at radius 2 is 1.67 bits per heavy atom. The largest absolute Gasteiger partial charge is 0.493 e. The second-order valence-electron chi connectivity index (χ2n) is 7.39. The molecule has 0 fully saturated rings. The maximum absolute atomic E-state index is 13.1. The van der Waals surface area contributed by atoms with Crippen molar-refractivity contribution in [3.05, 3.63) is 81.6 Å². The van der Waals surface area contributed by atoms with Crippen LogP contribution in [0.15, 0.2) is 54.3 Å². The molecule has 6 nitrogen and oxygen atoms in total. The molecule has 33 heavy (non-hydrogen) atoms. The summed E-state index contributed by atoms with van der Waals surface area (Å²) in [5, 5.41) is 0.636. The first-order valence-electron chi connectivity index (χ1n) is 10.2. The number of ketones is 1. The van der Waals surface area contributed by atoms with Crippen LogP contribution in [0.2, 0.25) is 5.02 Å². The quantitative estimate of drug-likeness (QED) is 0.406. The van der Waals surface area contributed by atoms with Gasteiger partial charge in [0.2, 0.25) is 11.5 Å². The maximum atomic E-state index is 13.1. The Labute approximate surface area is 197 Å². The van der Waals surface area contributed by atoms with Crippen LogP contribution < -0.4 is 23.7 Å². The van der Waals surface area contributed by atoms with E-state index >= 15 is 0 Å². The molecule has 0 atom stereocenters. The lowest BCUT2D eigenvalue weighted by molar-refractivity contribution is 0.101. The molecule has 1 aliphatic rings. The number of hydrogen-bond donors (Lipinski definition) is 0. The van der Waals surface area contributed by atoms with Crippen LogP contribution in [0.1, 0.15) is 27.0 Å². The number of rotatable bonds is 7. The topological polar surface area (TPSA) is 63.2 Å². The zero-order valence-electron chi connectivity index (χ0n) is 18.7. The summed E-state index contributed by atoms with van der Waals surface area (Å²) >= 11 is 6.21. The summed E-state index contributed by atoms with van der Waals surface area (Å²) in [5.41, 5.74) is 2.82. The average molecular weight is 467 g/mol. The first-order chi connectivity index (χ1) is 15.9. The number of carbonyl (C=O) groups excluding carboxylic acids is 1. The molecule has 0 N–H and O–H groups in total. The lowest BCUT2D eigenvalue weighted by Gasteiger charge is -2.13. The SMILES string of the molecule is COc1cc(/C=C2\Oc3cc(OCc4ccccc4Cl)cc(C)c3C2=O)cc(OC)c1OC. The molecule has 4 rings (SSSR count). The number of ether oxygens (including phenoxy) is 5. The number of aryl methyl sites for hydroxylation is 1. The van der Waals surface area contributed by atoms with Crippen LogP contribution in [0.3, 0.4) is 0 Å². The minimum atomic E-state index is -0.200. The second-order valence-corrected chi connectivity index (χ2v) is 7.80. The Hall–Kier alpha value is -3.64. The van der Waals surface area contributed by atoms with Crippen LogP contribution in [-0.4, -0.2) is 27.1 Å². The molecule has 0 amide bonds. The van der Waals surface area contributed by atoms with E-state index in [4.69, 9.17) is 35.3 Å². The maximum Gasteiger partial charge on any atom is 0.232 e. The summed E-state index contributed by atoms with van der Waals surface area (Å²) in [4.78, 5) is 13.1. The molecule has 0 radical (unpaired) electrons. The summed E-state index contributed by atoms with van der Waals surface area (Å²) < 4.78 is 28.0. The highest BCUT2D eigenvalue weighted by Crippen LogP contribution is 2.41. The highest BCUT2D eigenvalue weighted by molar-refractivity contribution is 6.31. The molecule has 0 aliphatic carbocycles. The van der Waals surface area contributed by atoms with E-state index in [-0.39, 0.29) is 11.5 Å². The number of Topliss-reactive ketones (excluding diaryl/α,β-unsaturated/α-hetero) is 1. The van der Waals surface area contributed by atoms with E-state index in [1.165, 1.54) is 21.3 Å². The van der Waals surface area contributed by atoms with Gasteiger partial charge in [0.15, 0.2) is 17.3 Å². The Morgan fingerprint density at radius 3 is 2.30 bits per heavy atom. The van der Waals surface area contributed by atoms with Crippen LogP contribution in [-0.2, 0) is 6.61 Å². The summed E-state index contributed by atoms with van der Waals surface area (Å²) in [5.74, 6) is 2.48. The summed E-state index contributed by atoms with van der Waals surface area (Å²) in [6.07, 6.45) is 1.65. The lowest BCUT2D eigenvalue weighted by Crippen LogP contribution is -2.01. The number of allylic oxidation sites excluding steroid dienone is 1. The number of fused-ring (bicyclic) bond motifs is 1. The highest BCUT2D eigenvalue weighted by atomic mass is 35.5. The standard InChI is InChI=1S/C26H23ClO6/c1-15-9-18(32-14-17-7-5-6-8-19(17)27)13-20-24(15)25(28)21(33-20)10-16-11-22(29-2)26(31-4)23(12-16)30-3/h5-13H,14H2,1-4H3/b21-10-. The van der Waals surface area contributed by atoms with E-state index in [1.807, 2.05) is 37.3 Å². The van der Waals surface area contributed by atoms with Gasteiger partial charge < -0.3 is 23.7 Å². The van der Waals surface area contributed by atoms with E-state index < -0.39 is 0 Å². The van der Waals surface area contributed by atoms with Crippen LogP contribution in [0, 0.1) is 6.92 Å². The zero-order valence-corrected chi connectivity index (χ0v) is 19.5. The van der Waals surface area contributed by atoms with Gasteiger partial charge in [-0.05, 0) is 48.4 Å². The third-order valence-electron chi connectivity index (χ3n) is 5.28. The van der Waals surface area contributed by atoms with Gasteiger partial charge in [-0.25, -0.2) is 0 Å². The molecule has 0 spiro atoms. The van der Waals surface area contributed by atoms with Crippen molar-refractivity contribution in [2.75, 3.05) is 21.3 Å². The van der Waals surface area contributed by atoms with Gasteiger partial charge in [0, 0.05) is 16.7 Å². The molecule has 7 heteroatoms. The van der Waals surface area contributed by atoms with Gasteiger partial charge in [-0.2, -0.15) is 0 Å². The van der Waals surface area contributed by atoms with Gasteiger partial charge in [0.1, 0.15) is 18.1 Å². The summed E-state index contributed by atoms with van der Waals surface area (Å²) in [7, 11) is 4.61. The smallest absolute Gasteiger partial charge is 0.232 e. The molecule has 0 saturated carbocycles. The number of hydrogen-bond acceptors (Lipinski definition) is 6. The summed E-state index contributed by atoms with van der Waals surface area (Å²) in [6, 6.07) is 14.5. The number of methoxy groups -OCH3 is 3. The Morgan fingerprint density at radius 1 is 0.970 bits per heavy atom. The van der Waals surface area contributed by atoms with Crippen molar-refractivity contribution < 1.29 is 28.5 Å². The van der Waals surface area contributed by atoms with Gasteiger partial charge in [0.25, 0.3) is 0 Å². The molecular formula is C26H23ClO6. The van der Waals surface area contributed by atoms with Gasteiger partial charge in [-0.3, -0.25) is 4.79 Å². The molecule has 0 aromatic heterocycles. The van der Waals surface area contributed by atoms with E-state index in [9.17, 15) is 4.79 Å². The normalized spacial score (nSPS) is 13.5. The molecule has 1 heterocycles. The van der Waals surface area contributed by atoms with Crippen LogP contribution in [0.4, 0.5) is 0 Å². The van der Waals surface area contributed by atoms with Crippen molar-refractivity contribution in [3.8, 4) is 28.7 Å². The third kappa shape index (κ3) is 4.47. The molecule has 3 aromatic rings. The lowest BCUT2D eigenvalue weighted by atomic mass is 10.0. The van der Waals surface area contributed by atoms with Gasteiger partial charge in [0.05, 0.1) is 26.9 Å². The average Bonchev–Trinajstić information content (AvgIpc) is 3.13. The second kappa shape index (κ2) is 9.46. The Balaban J connectivity index is 1.61. The minimum Gasteiger partial charge on any atom is -0.493 e. The van der Waals surface area contributed by atoms with Gasteiger partial charge in [-0.15, -0.1) is 0 Å². The first-order valence-corrected chi connectivity index (χ1v) is 10.6. The van der Waals surface area contributed by atoms with Crippen LogP contribution >= 0.6 is 11.6 Å². The Bertz CT molecular complexity index is 1220. The van der Waals surface area contributed by atoms with E-state index in [1.54, 1.807) is 24.3 Å². The molecular weight excluding hydrogens is 444 g/mol. The van der Waals surface area contributed by atoms with E-state index in [2.05, 4.69) is 0 Å². The number of carbonyl (C=O) groups is 1. The predicted octanol–water partition coefficient (Wildman–Crippen LogP) is 5.87. The van der Waals surface area contributed by atoms with Crippen LogP contribution in [0.5, 0.6) is 28.7 Å². The van der Waals surface area contributed by atoms with Crippen molar-refractivity contribution in [1.29, 1.82) is 0 Å². The Kier molecular flexibility index (Phi) is 6.47. The first kappa shape index (κ1) is 22.6. The molecule has 0 saturated heterocycles. The number of benzene rings is 3. The van der Waals surface area contributed by atoms with Gasteiger partial charge >= 0.3 is 0 Å². The number of halogens is 1. The van der Waals surface area contributed by atoms with Crippen molar-refractivity contribution >= 4 is 23.5 Å². The van der Waals surface area contributed by atoms with Crippen molar-refractivity contribution in [1.82, 2.24) is 0 Å². The monoisotopic (exact) mass is 466 g/mol. The van der Waals surface area contributed by atoms with Gasteiger partial charge in [-0.1, -0.05) is 29.8 Å². The minimum absolute atomic E-state index is 0.200. The molecule has 170 valence electrons. The van der Waals surface area contributed by atoms with Crippen molar-refractivity contribution in [2.24, 2.45) is 0 Å². The third-order valence-corrected chi connectivity index (χ3v) is 5.65. The fourth-order valence-electron chi connectivity index (χ4n) is 3.67. The van der Waals surface area contributed by atoms with Crippen molar-refractivity contribution in [2.45, 2.75) is 13.5 Å². The zero-order chi connectivity index (χ0) is 23.5. The van der Waals surface area contributed by atoms with Crippen LogP contribution in [0.25, 0.3) is 6.08 Å². The van der Waals surface area contributed by atoms with Crippen molar-refractivity contribution in [3.63, 3.8) is 0 Å².